The highest BCUT2D eigenvalue weighted by Crippen LogP contribution is 2.15. The molecule has 2 N–H and O–H groups in total. The summed E-state index contributed by atoms with van der Waals surface area (Å²) in [5.74, 6) is 0.725. The van der Waals surface area contributed by atoms with Crippen LogP contribution in [0.4, 0.5) is 0 Å². The van der Waals surface area contributed by atoms with Gasteiger partial charge in [0, 0.05) is 25.6 Å². The Balaban J connectivity index is 1.61. The van der Waals surface area contributed by atoms with Gasteiger partial charge in [0.1, 0.15) is 0 Å². The van der Waals surface area contributed by atoms with E-state index in [1.165, 1.54) is 10.8 Å². The number of amides is 1. The fourth-order valence-corrected chi connectivity index (χ4v) is 2.35. The van der Waals surface area contributed by atoms with E-state index in [4.69, 9.17) is 0 Å². The fraction of sp³-hybridized carbons (Fsp3) is 0.312. The second-order valence-corrected chi connectivity index (χ2v) is 5.19. The van der Waals surface area contributed by atoms with Gasteiger partial charge in [-0.2, -0.15) is 0 Å². The second-order valence-electron chi connectivity index (χ2n) is 5.19. The van der Waals surface area contributed by atoms with Crippen LogP contribution in [0, 0.1) is 5.92 Å². The predicted octanol–water partition coefficient (Wildman–Crippen LogP) is 1.72. The zero-order chi connectivity index (χ0) is 13.1. The molecule has 2 aromatic rings. The molecule has 1 aliphatic rings. The van der Waals surface area contributed by atoms with E-state index in [1.54, 1.807) is 0 Å². The van der Waals surface area contributed by atoms with Crippen LogP contribution >= 0.6 is 0 Å². The van der Waals surface area contributed by atoms with Crippen LogP contribution in [0.25, 0.3) is 10.8 Å². The van der Waals surface area contributed by atoms with E-state index in [9.17, 15) is 4.79 Å². The minimum atomic E-state index is 0.113. The van der Waals surface area contributed by atoms with Gasteiger partial charge in [0.05, 0.1) is 6.42 Å². The third-order valence-corrected chi connectivity index (χ3v) is 3.63. The fourth-order valence-electron chi connectivity index (χ4n) is 2.35. The summed E-state index contributed by atoms with van der Waals surface area (Å²) in [4.78, 5) is 11.9. The van der Waals surface area contributed by atoms with Crippen molar-refractivity contribution < 1.29 is 4.79 Å². The van der Waals surface area contributed by atoms with Crippen molar-refractivity contribution in [2.45, 2.75) is 6.42 Å². The second kappa shape index (κ2) is 5.41. The lowest BCUT2D eigenvalue weighted by atomic mass is 10.0. The van der Waals surface area contributed by atoms with Gasteiger partial charge < -0.3 is 10.6 Å². The molecule has 0 saturated carbocycles. The summed E-state index contributed by atoms with van der Waals surface area (Å²) in [5, 5.41) is 8.61. The lowest BCUT2D eigenvalue weighted by Crippen LogP contribution is -2.48. The molecular weight excluding hydrogens is 236 g/mol. The van der Waals surface area contributed by atoms with E-state index in [0.29, 0.717) is 12.3 Å². The highest BCUT2D eigenvalue weighted by molar-refractivity contribution is 5.85. The first-order chi connectivity index (χ1) is 9.31. The first kappa shape index (κ1) is 12.2. The number of hydrogen-bond acceptors (Lipinski definition) is 2. The van der Waals surface area contributed by atoms with Gasteiger partial charge in [-0.15, -0.1) is 0 Å². The molecule has 3 rings (SSSR count). The van der Waals surface area contributed by atoms with Crippen LogP contribution in [0.3, 0.4) is 0 Å². The van der Waals surface area contributed by atoms with Gasteiger partial charge in [-0.05, 0) is 16.3 Å². The summed E-state index contributed by atoms with van der Waals surface area (Å²) in [6.07, 6.45) is 0.463. The van der Waals surface area contributed by atoms with Gasteiger partial charge in [0.2, 0.25) is 5.91 Å². The summed E-state index contributed by atoms with van der Waals surface area (Å²) in [7, 11) is 0. The maximum atomic E-state index is 11.9. The summed E-state index contributed by atoms with van der Waals surface area (Å²) in [6, 6.07) is 14.4. The molecule has 0 unspecified atom stereocenters. The molecule has 1 heterocycles. The van der Waals surface area contributed by atoms with Crippen LogP contribution in [0.2, 0.25) is 0 Å². The lowest BCUT2D eigenvalue weighted by molar-refractivity contribution is -0.120. The Morgan fingerprint density at radius 2 is 1.95 bits per heavy atom. The van der Waals surface area contributed by atoms with Crippen LogP contribution in [-0.2, 0) is 11.2 Å². The van der Waals surface area contributed by atoms with Gasteiger partial charge in [-0.1, -0.05) is 42.5 Å². The van der Waals surface area contributed by atoms with Crippen molar-refractivity contribution in [1.82, 2.24) is 10.6 Å². The minimum absolute atomic E-state index is 0.113. The van der Waals surface area contributed by atoms with Gasteiger partial charge in [-0.3, -0.25) is 4.79 Å². The van der Waals surface area contributed by atoms with Crippen molar-refractivity contribution in [1.29, 1.82) is 0 Å². The van der Waals surface area contributed by atoms with E-state index in [1.807, 2.05) is 18.2 Å². The maximum Gasteiger partial charge on any atom is 0.224 e. The molecule has 2 aromatic carbocycles. The van der Waals surface area contributed by atoms with Crippen molar-refractivity contribution >= 4 is 16.7 Å². The van der Waals surface area contributed by atoms with Crippen molar-refractivity contribution in [3.05, 3.63) is 48.0 Å². The van der Waals surface area contributed by atoms with Crippen LogP contribution in [0.1, 0.15) is 5.56 Å². The Hall–Kier alpha value is -1.87. The molecule has 3 heteroatoms. The Morgan fingerprint density at radius 3 is 2.68 bits per heavy atom. The predicted molar refractivity (Wildman–Crippen MR) is 77.0 cm³/mol. The molecule has 98 valence electrons. The average molecular weight is 254 g/mol. The normalized spacial score (nSPS) is 15.2. The number of fused-ring (bicyclic) bond motifs is 1. The molecule has 1 saturated heterocycles. The Kier molecular flexibility index (Phi) is 3.47. The number of carbonyl (C=O) groups excluding carboxylic acids is 1. The van der Waals surface area contributed by atoms with E-state index in [0.717, 1.165) is 25.2 Å². The molecule has 1 amide bonds. The monoisotopic (exact) mass is 254 g/mol. The molecule has 1 aliphatic heterocycles. The first-order valence-corrected chi connectivity index (χ1v) is 6.76. The molecular formula is C16H18N2O. The number of benzene rings is 2. The van der Waals surface area contributed by atoms with Crippen molar-refractivity contribution in [2.75, 3.05) is 19.6 Å². The Morgan fingerprint density at radius 1 is 1.16 bits per heavy atom. The molecule has 0 spiro atoms. The maximum absolute atomic E-state index is 11.9. The number of rotatable bonds is 4. The van der Waals surface area contributed by atoms with Gasteiger partial charge in [-0.25, -0.2) is 0 Å². The molecule has 0 aliphatic carbocycles. The SMILES string of the molecule is O=C(Cc1ccc2ccccc2c1)NCC1CNC1. The van der Waals surface area contributed by atoms with E-state index in [-0.39, 0.29) is 5.91 Å². The molecule has 19 heavy (non-hydrogen) atoms. The minimum Gasteiger partial charge on any atom is -0.355 e. The Bertz CT molecular complexity index is 590. The molecule has 3 nitrogen and oxygen atoms in total. The third kappa shape index (κ3) is 2.93. The standard InChI is InChI=1S/C16H18N2O/c19-16(18-11-13-9-17-10-13)8-12-5-6-14-3-1-2-4-15(14)7-12/h1-7,13,17H,8-11H2,(H,18,19). The largest absolute Gasteiger partial charge is 0.355 e. The summed E-state index contributed by atoms with van der Waals surface area (Å²) in [6.45, 7) is 2.84. The zero-order valence-electron chi connectivity index (χ0n) is 10.9. The van der Waals surface area contributed by atoms with Crippen LogP contribution < -0.4 is 10.6 Å². The smallest absolute Gasteiger partial charge is 0.224 e. The molecule has 0 bridgehead atoms. The topological polar surface area (TPSA) is 41.1 Å². The van der Waals surface area contributed by atoms with E-state index >= 15 is 0 Å². The lowest BCUT2D eigenvalue weighted by Gasteiger charge is -2.27. The molecule has 0 radical (unpaired) electrons. The highest BCUT2D eigenvalue weighted by Gasteiger charge is 2.17. The van der Waals surface area contributed by atoms with Crippen LogP contribution in [0.15, 0.2) is 42.5 Å². The van der Waals surface area contributed by atoms with Crippen LogP contribution in [0.5, 0.6) is 0 Å². The van der Waals surface area contributed by atoms with Gasteiger partial charge in [0.15, 0.2) is 0 Å². The molecule has 1 fully saturated rings. The zero-order valence-corrected chi connectivity index (χ0v) is 10.9. The van der Waals surface area contributed by atoms with Gasteiger partial charge in [0.25, 0.3) is 0 Å². The van der Waals surface area contributed by atoms with Crippen molar-refractivity contribution in [3.63, 3.8) is 0 Å². The number of carbonyl (C=O) groups is 1. The molecule has 0 aromatic heterocycles. The number of nitrogens with one attached hydrogen (secondary N) is 2. The Labute approximate surface area is 113 Å². The van der Waals surface area contributed by atoms with Crippen molar-refractivity contribution in [2.24, 2.45) is 5.92 Å². The van der Waals surface area contributed by atoms with Gasteiger partial charge >= 0.3 is 0 Å². The quantitative estimate of drug-likeness (QED) is 0.872. The third-order valence-electron chi connectivity index (χ3n) is 3.63. The van der Waals surface area contributed by atoms with Crippen molar-refractivity contribution in [3.8, 4) is 0 Å². The highest BCUT2D eigenvalue weighted by atomic mass is 16.1. The summed E-state index contributed by atoms with van der Waals surface area (Å²) < 4.78 is 0. The van der Waals surface area contributed by atoms with E-state index in [2.05, 4.69) is 34.9 Å². The van der Waals surface area contributed by atoms with Crippen LogP contribution in [-0.4, -0.2) is 25.5 Å². The summed E-state index contributed by atoms with van der Waals surface area (Å²) in [5.41, 5.74) is 1.07. The number of hydrogen-bond donors (Lipinski definition) is 2. The average Bonchev–Trinajstić information content (AvgIpc) is 2.37. The van der Waals surface area contributed by atoms with E-state index < -0.39 is 0 Å². The molecule has 0 atom stereocenters. The summed E-state index contributed by atoms with van der Waals surface area (Å²) >= 11 is 0. The first-order valence-electron chi connectivity index (χ1n) is 6.76.